The topological polar surface area (TPSA) is 76.1 Å². The number of anilines is 3. The fraction of sp³-hybridized carbons (Fsp3) is 0.214. The average molecular weight is 361 g/mol. The number of nitrogens with zero attached hydrogens (tertiary/aromatic N) is 2. The van der Waals surface area contributed by atoms with Gasteiger partial charge in [0.15, 0.2) is 0 Å². The first-order chi connectivity index (χ1) is 11.3. The van der Waals surface area contributed by atoms with Gasteiger partial charge in [0.05, 0.1) is 6.61 Å². The van der Waals surface area contributed by atoms with Crippen LogP contribution in [0.15, 0.2) is 30.5 Å². The van der Waals surface area contributed by atoms with Crippen LogP contribution in [0.3, 0.4) is 0 Å². The molecule has 0 aliphatic carbocycles. The van der Waals surface area contributed by atoms with Crippen LogP contribution >= 0.6 is 11.6 Å². The van der Waals surface area contributed by atoms with Crippen LogP contribution in [0.1, 0.15) is 12.5 Å². The second-order valence-electron chi connectivity index (χ2n) is 4.44. The van der Waals surface area contributed by atoms with Crippen LogP contribution in [0.2, 0.25) is 5.15 Å². The maximum Gasteiger partial charge on any atom is 0.420 e. The van der Waals surface area contributed by atoms with E-state index in [1.165, 1.54) is 0 Å². The Morgan fingerprint density at radius 3 is 2.42 bits per heavy atom. The van der Waals surface area contributed by atoms with Crippen molar-refractivity contribution in [2.75, 3.05) is 17.2 Å². The predicted octanol–water partition coefficient (Wildman–Crippen LogP) is 4.46. The molecule has 0 fully saturated rings. The van der Waals surface area contributed by atoms with Crippen molar-refractivity contribution >= 4 is 35.0 Å². The molecule has 24 heavy (non-hydrogen) atoms. The largest absolute Gasteiger partial charge is 0.450 e. The summed E-state index contributed by atoms with van der Waals surface area (Å²) in [5.41, 5.74) is -0.116. The average Bonchev–Trinajstić information content (AvgIpc) is 2.48. The van der Waals surface area contributed by atoms with E-state index >= 15 is 0 Å². The van der Waals surface area contributed by atoms with Gasteiger partial charge in [0.1, 0.15) is 10.7 Å². The molecule has 1 heterocycles. The lowest BCUT2D eigenvalue weighted by Crippen LogP contribution is -2.13. The number of ether oxygens (including phenoxy) is 1. The first-order valence-corrected chi connectivity index (χ1v) is 7.08. The molecule has 2 aromatic rings. The van der Waals surface area contributed by atoms with Gasteiger partial charge in [-0.1, -0.05) is 11.6 Å². The summed E-state index contributed by atoms with van der Waals surface area (Å²) in [6.07, 6.45) is -4.60. The SMILES string of the molecule is CCOC(=O)Nc1ccc(Nc2ncc(C(F)(F)F)c(Cl)n2)cc1. The smallest absolute Gasteiger partial charge is 0.420 e. The Balaban J connectivity index is 2.06. The summed E-state index contributed by atoms with van der Waals surface area (Å²) in [6, 6.07) is 6.31. The monoisotopic (exact) mass is 360 g/mol. The number of rotatable bonds is 4. The number of nitrogens with one attached hydrogen (secondary N) is 2. The van der Waals surface area contributed by atoms with Crippen molar-refractivity contribution < 1.29 is 22.7 Å². The summed E-state index contributed by atoms with van der Waals surface area (Å²) in [7, 11) is 0. The summed E-state index contributed by atoms with van der Waals surface area (Å²) < 4.78 is 42.5. The van der Waals surface area contributed by atoms with E-state index in [0.29, 0.717) is 17.6 Å². The molecule has 0 aliphatic heterocycles. The minimum Gasteiger partial charge on any atom is -0.450 e. The van der Waals surface area contributed by atoms with Crippen LogP contribution in [-0.4, -0.2) is 22.7 Å². The van der Waals surface area contributed by atoms with Crippen LogP contribution < -0.4 is 10.6 Å². The van der Waals surface area contributed by atoms with E-state index in [4.69, 9.17) is 16.3 Å². The van der Waals surface area contributed by atoms with Gasteiger partial charge in [-0.05, 0) is 31.2 Å². The molecule has 1 aromatic heterocycles. The highest BCUT2D eigenvalue weighted by Gasteiger charge is 2.34. The second-order valence-corrected chi connectivity index (χ2v) is 4.80. The van der Waals surface area contributed by atoms with Crippen molar-refractivity contribution in [2.24, 2.45) is 0 Å². The van der Waals surface area contributed by atoms with Gasteiger partial charge in [-0.25, -0.2) is 14.8 Å². The van der Waals surface area contributed by atoms with Gasteiger partial charge >= 0.3 is 12.3 Å². The number of aromatic nitrogens is 2. The Morgan fingerprint density at radius 1 is 1.25 bits per heavy atom. The highest BCUT2D eigenvalue weighted by atomic mass is 35.5. The second kappa shape index (κ2) is 7.35. The summed E-state index contributed by atoms with van der Waals surface area (Å²) in [5.74, 6) is -0.0842. The first kappa shape index (κ1) is 17.8. The van der Waals surface area contributed by atoms with E-state index in [2.05, 4.69) is 20.6 Å². The van der Waals surface area contributed by atoms with Crippen molar-refractivity contribution in [3.8, 4) is 0 Å². The van der Waals surface area contributed by atoms with Gasteiger partial charge in [-0.15, -0.1) is 0 Å². The molecule has 0 bridgehead atoms. The van der Waals surface area contributed by atoms with Crippen LogP contribution in [0, 0.1) is 0 Å². The number of amides is 1. The van der Waals surface area contributed by atoms with E-state index in [0.717, 1.165) is 0 Å². The maximum absolute atomic E-state index is 12.6. The van der Waals surface area contributed by atoms with Crippen LogP contribution in [0.4, 0.5) is 35.3 Å². The Bertz CT molecular complexity index is 723. The summed E-state index contributed by atoms with van der Waals surface area (Å²) >= 11 is 5.52. The molecule has 0 saturated carbocycles. The summed E-state index contributed by atoms with van der Waals surface area (Å²) in [6.45, 7) is 1.93. The number of benzene rings is 1. The third-order valence-electron chi connectivity index (χ3n) is 2.71. The van der Waals surface area contributed by atoms with Crippen molar-refractivity contribution in [1.29, 1.82) is 0 Å². The first-order valence-electron chi connectivity index (χ1n) is 6.70. The van der Waals surface area contributed by atoms with Gasteiger partial charge in [0, 0.05) is 17.6 Å². The normalized spacial score (nSPS) is 11.0. The molecule has 1 amide bonds. The molecule has 2 N–H and O–H groups in total. The lowest BCUT2D eigenvalue weighted by molar-refractivity contribution is -0.137. The van der Waals surface area contributed by atoms with Crippen molar-refractivity contribution in [3.63, 3.8) is 0 Å². The van der Waals surface area contributed by atoms with E-state index in [1.54, 1.807) is 31.2 Å². The maximum atomic E-state index is 12.6. The molecular formula is C14H12ClF3N4O2. The van der Waals surface area contributed by atoms with E-state index in [1.807, 2.05) is 0 Å². The predicted molar refractivity (Wildman–Crippen MR) is 82.4 cm³/mol. The number of hydrogen-bond donors (Lipinski definition) is 2. The highest BCUT2D eigenvalue weighted by Crippen LogP contribution is 2.33. The van der Waals surface area contributed by atoms with Gasteiger partial charge in [-0.2, -0.15) is 13.2 Å². The number of halogens is 4. The summed E-state index contributed by atoms with van der Waals surface area (Å²) in [4.78, 5) is 18.4. The standard InChI is InChI=1S/C14H12ClF3N4O2/c1-2-24-13(23)21-9-5-3-8(4-6-9)20-12-19-7-10(11(15)22-12)14(16,17)18/h3-7H,2H2,1H3,(H,21,23)(H,19,20,22). The number of hydrogen-bond acceptors (Lipinski definition) is 5. The Kier molecular flexibility index (Phi) is 5.45. The molecule has 10 heteroatoms. The molecule has 0 radical (unpaired) electrons. The van der Waals surface area contributed by atoms with Gasteiger partial charge in [-0.3, -0.25) is 5.32 Å². The Labute approximate surface area is 140 Å². The Morgan fingerprint density at radius 2 is 1.88 bits per heavy atom. The molecule has 0 unspecified atom stereocenters. The lowest BCUT2D eigenvalue weighted by Gasteiger charge is -2.10. The van der Waals surface area contributed by atoms with Crippen LogP contribution in [0.25, 0.3) is 0 Å². The molecule has 0 atom stereocenters. The quantitative estimate of drug-likeness (QED) is 0.787. The summed E-state index contributed by atoms with van der Waals surface area (Å²) in [5, 5.41) is 4.52. The minimum atomic E-state index is -4.62. The van der Waals surface area contributed by atoms with E-state index in [9.17, 15) is 18.0 Å². The molecule has 0 aliphatic rings. The van der Waals surface area contributed by atoms with Crippen molar-refractivity contribution in [1.82, 2.24) is 9.97 Å². The number of carbonyl (C=O) groups excluding carboxylic acids is 1. The zero-order chi connectivity index (χ0) is 17.7. The molecule has 0 saturated heterocycles. The van der Waals surface area contributed by atoms with Gasteiger partial charge in [0.2, 0.25) is 5.95 Å². The molecular weight excluding hydrogens is 349 g/mol. The molecule has 0 spiro atoms. The molecule has 2 rings (SSSR count). The van der Waals surface area contributed by atoms with Crippen LogP contribution in [0.5, 0.6) is 0 Å². The van der Waals surface area contributed by atoms with Crippen molar-refractivity contribution in [2.45, 2.75) is 13.1 Å². The highest BCUT2D eigenvalue weighted by molar-refractivity contribution is 6.30. The fourth-order valence-corrected chi connectivity index (χ4v) is 1.90. The van der Waals surface area contributed by atoms with Gasteiger partial charge in [0.25, 0.3) is 0 Å². The third kappa shape index (κ3) is 4.72. The third-order valence-corrected chi connectivity index (χ3v) is 3.00. The minimum absolute atomic E-state index is 0.0842. The lowest BCUT2D eigenvalue weighted by atomic mass is 10.3. The molecule has 128 valence electrons. The van der Waals surface area contributed by atoms with E-state index in [-0.39, 0.29) is 12.6 Å². The zero-order valence-corrected chi connectivity index (χ0v) is 13.1. The molecule has 6 nitrogen and oxygen atoms in total. The van der Waals surface area contributed by atoms with Crippen LogP contribution in [-0.2, 0) is 10.9 Å². The Hall–Kier alpha value is -2.55. The van der Waals surface area contributed by atoms with E-state index < -0.39 is 23.0 Å². The van der Waals surface area contributed by atoms with Gasteiger partial charge < -0.3 is 10.1 Å². The number of carbonyl (C=O) groups is 1. The van der Waals surface area contributed by atoms with Crippen molar-refractivity contribution in [3.05, 3.63) is 41.2 Å². The number of alkyl halides is 3. The zero-order valence-electron chi connectivity index (χ0n) is 12.3. The molecule has 1 aromatic carbocycles. The fourth-order valence-electron chi connectivity index (χ4n) is 1.66.